The fraction of sp³-hybridized carbons (Fsp3) is 0.400. The number of carbonyl (C=O) groups is 1. The quantitative estimate of drug-likeness (QED) is 0.670. The van der Waals surface area contributed by atoms with Gasteiger partial charge in [-0.15, -0.1) is 0 Å². The average Bonchev–Trinajstić information content (AvgIpc) is 3.19. The molecule has 7 heteroatoms. The summed E-state index contributed by atoms with van der Waals surface area (Å²) in [4.78, 5) is 14.3. The van der Waals surface area contributed by atoms with Gasteiger partial charge in [-0.25, -0.2) is 13.2 Å². The number of hydrogen-bond donors (Lipinski definition) is 1. The Balaban J connectivity index is 1.21. The van der Waals surface area contributed by atoms with Crippen molar-refractivity contribution < 1.29 is 22.7 Å². The molecule has 4 nitrogen and oxygen atoms in total. The molecule has 1 atom stereocenters. The molecular formula is C25H27F3N2O2. The zero-order chi connectivity index (χ0) is 22.6. The SMILES string of the molecule is O=C(C=Cc1ccc(F)c(F)c1)NCC1CCC2(CCN(Cc3ccccc3F)CC2)O1. The van der Waals surface area contributed by atoms with Crippen molar-refractivity contribution in [3.63, 3.8) is 0 Å². The monoisotopic (exact) mass is 444 g/mol. The van der Waals surface area contributed by atoms with Crippen LogP contribution in [0.5, 0.6) is 0 Å². The molecule has 0 aliphatic carbocycles. The highest BCUT2D eigenvalue weighted by Gasteiger charge is 2.42. The van der Waals surface area contributed by atoms with Crippen LogP contribution in [0.15, 0.2) is 48.5 Å². The summed E-state index contributed by atoms with van der Waals surface area (Å²) in [6.45, 7) is 2.71. The van der Waals surface area contributed by atoms with E-state index in [1.807, 2.05) is 12.1 Å². The third-order valence-electron chi connectivity index (χ3n) is 6.33. The van der Waals surface area contributed by atoms with Crippen LogP contribution in [0, 0.1) is 17.5 Å². The van der Waals surface area contributed by atoms with Crippen molar-refractivity contribution in [2.45, 2.75) is 43.9 Å². The van der Waals surface area contributed by atoms with E-state index < -0.39 is 11.6 Å². The Morgan fingerprint density at radius 1 is 1.06 bits per heavy atom. The molecule has 2 saturated heterocycles. The second-order valence-electron chi connectivity index (χ2n) is 8.58. The van der Waals surface area contributed by atoms with E-state index in [-0.39, 0.29) is 23.4 Å². The van der Waals surface area contributed by atoms with Crippen LogP contribution in [-0.2, 0) is 16.1 Å². The summed E-state index contributed by atoms with van der Waals surface area (Å²) in [5.41, 5.74) is 0.966. The molecule has 1 amide bonds. The second-order valence-corrected chi connectivity index (χ2v) is 8.58. The van der Waals surface area contributed by atoms with Crippen molar-refractivity contribution in [1.82, 2.24) is 10.2 Å². The summed E-state index contributed by atoms with van der Waals surface area (Å²) < 4.78 is 46.4. The first-order chi connectivity index (χ1) is 15.4. The van der Waals surface area contributed by atoms with E-state index in [1.54, 1.807) is 6.07 Å². The molecule has 170 valence electrons. The van der Waals surface area contributed by atoms with Crippen molar-refractivity contribution in [3.05, 3.63) is 77.1 Å². The predicted molar refractivity (Wildman–Crippen MR) is 116 cm³/mol. The van der Waals surface area contributed by atoms with Crippen LogP contribution >= 0.6 is 0 Å². The van der Waals surface area contributed by atoms with Gasteiger partial charge in [-0.2, -0.15) is 0 Å². The Hall–Kier alpha value is -2.64. The first kappa shape index (κ1) is 22.6. The van der Waals surface area contributed by atoms with Gasteiger partial charge in [0.05, 0.1) is 11.7 Å². The van der Waals surface area contributed by atoms with Crippen LogP contribution < -0.4 is 5.32 Å². The number of nitrogens with one attached hydrogen (secondary N) is 1. The normalized spacial score (nSPS) is 20.8. The van der Waals surface area contributed by atoms with Crippen molar-refractivity contribution in [1.29, 1.82) is 0 Å². The minimum absolute atomic E-state index is 0.0475. The van der Waals surface area contributed by atoms with E-state index in [0.29, 0.717) is 24.2 Å². The largest absolute Gasteiger partial charge is 0.370 e. The third-order valence-corrected chi connectivity index (χ3v) is 6.33. The summed E-state index contributed by atoms with van der Waals surface area (Å²) in [5.74, 6) is -2.34. The first-order valence-electron chi connectivity index (χ1n) is 11.0. The highest BCUT2D eigenvalue weighted by atomic mass is 19.2. The minimum Gasteiger partial charge on any atom is -0.370 e. The van der Waals surface area contributed by atoms with Gasteiger partial charge >= 0.3 is 0 Å². The summed E-state index contributed by atoms with van der Waals surface area (Å²) >= 11 is 0. The number of benzene rings is 2. The van der Waals surface area contributed by atoms with Gasteiger partial charge in [0.2, 0.25) is 5.91 Å². The van der Waals surface area contributed by atoms with Gasteiger partial charge in [0, 0.05) is 37.8 Å². The van der Waals surface area contributed by atoms with E-state index in [9.17, 15) is 18.0 Å². The molecule has 0 saturated carbocycles. The molecule has 4 rings (SSSR count). The molecule has 2 heterocycles. The maximum atomic E-state index is 13.9. The Labute approximate surface area is 186 Å². The molecule has 2 fully saturated rings. The smallest absolute Gasteiger partial charge is 0.244 e. The second kappa shape index (κ2) is 9.88. The topological polar surface area (TPSA) is 41.6 Å². The number of halogens is 3. The van der Waals surface area contributed by atoms with Crippen LogP contribution in [0.1, 0.15) is 36.8 Å². The van der Waals surface area contributed by atoms with Crippen molar-refractivity contribution >= 4 is 12.0 Å². The van der Waals surface area contributed by atoms with Crippen LogP contribution in [0.3, 0.4) is 0 Å². The number of hydrogen-bond acceptors (Lipinski definition) is 3. The van der Waals surface area contributed by atoms with E-state index in [0.717, 1.165) is 50.9 Å². The molecule has 2 aromatic carbocycles. The minimum atomic E-state index is -0.947. The van der Waals surface area contributed by atoms with E-state index >= 15 is 0 Å². The molecule has 1 spiro atoms. The average molecular weight is 444 g/mol. The lowest BCUT2D eigenvalue weighted by Gasteiger charge is -2.39. The molecule has 0 radical (unpaired) electrons. The lowest BCUT2D eigenvalue weighted by molar-refractivity contribution is -0.118. The summed E-state index contributed by atoms with van der Waals surface area (Å²) in [5, 5.41) is 2.82. The standard InChI is InChI=1S/C25H27F3N2O2/c26-21-4-2-1-3-19(21)17-30-13-11-25(12-14-30)10-9-20(32-25)16-29-24(31)8-6-18-5-7-22(27)23(28)15-18/h1-8,15,20H,9-14,16-17H2,(H,29,31). The number of carbonyl (C=O) groups excluding carboxylic acids is 1. The fourth-order valence-electron chi connectivity index (χ4n) is 4.45. The maximum Gasteiger partial charge on any atom is 0.244 e. The Morgan fingerprint density at radius 3 is 2.59 bits per heavy atom. The number of likely N-dealkylation sites (tertiary alicyclic amines) is 1. The van der Waals surface area contributed by atoms with Gasteiger partial charge in [0.15, 0.2) is 11.6 Å². The van der Waals surface area contributed by atoms with Crippen LogP contribution in [0.2, 0.25) is 0 Å². The van der Waals surface area contributed by atoms with Gasteiger partial charge in [-0.3, -0.25) is 9.69 Å². The van der Waals surface area contributed by atoms with Crippen molar-refractivity contribution in [3.8, 4) is 0 Å². The molecular weight excluding hydrogens is 417 g/mol. The van der Waals surface area contributed by atoms with Gasteiger partial charge in [-0.05, 0) is 55.5 Å². The lowest BCUT2D eigenvalue weighted by atomic mass is 9.88. The van der Waals surface area contributed by atoms with Crippen LogP contribution in [-0.4, -0.2) is 42.1 Å². The Bertz CT molecular complexity index is 987. The molecule has 0 bridgehead atoms. The summed E-state index contributed by atoms with van der Waals surface area (Å²) in [7, 11) is 0. The highest BCUT2D eigenvalue weighted by molar-refractivity contribution is 5.91. The van der Waals surface area contributed by atoms with Gasteiger partial charge in [0.1, 0.15) is 5.82 Å². The van der Waals surface area contributed by atoms with Crippen LogP contribution in [0.4, 0.5) is 13.2 Å². The molecule has 0 aromatic heterocycles. The molecule has 2 aromatic rings. The predicted octanol–water partition coefficient (Wildman–Crippen LogP) is 4.45. The number of ether oxygens (including phenoxy) is 1. The van der Waals surface area contributed by atoms with Gasteiger partial charge in [0.25, 0.3) is 0 Å². The maximum absolute atomic E-state index is 13.9. The summed E-state index contributed by atoms with van der Waals surface area (Å²) in [6.07, 6.45) is 6.31. The molecule has 32 heavy (non-hydrogen) atoms. The number of rotatable bonds is 6. The van der Waals surface area contributed by atoms with E-state index in [1.165, 1.54) is 24.3 Å². The lowest BCUT2D eigenvalue weighted by Crippen LogP contribution is -2.44. The zero-order valence-electron chi connectivity index (χ0n) is 17.8. The van der Waals surface area contributed by atoms with Gasteiger partial charge < -0.3 is 10.1 Å². The van der Waals surface area contributed by atoms with E-state index in [2.05, 4.69) is 10.2 Å². The Kier molecular flexibility index (Phi) is 6.96. The third kappa shape index (κ3) is 5.58. The zero-order valence-corrected chi connectivity index (χ0v) is 17.8. The van der Waals surface area contributed by atoms with Crippen molar-refractivity contribution in [2.75, 3.05) is 19.6 Å². The highest BCUT2D eigenvalue weighted by Crippen LogP contribution is 2.39. The molecule has 1 unspecified atom stereocenters. The van der Waals surface area contributed by atoms with Gasteiger partial charge in [-0.1, -0.05) is 24.3 Å². The number of nitrogens with zero attached hydrogens (tertiary/aromatic N) is 1. The molecule has 2 aliphatic rings. The van der Waals surface area contributed by atoms with Crippen molar-refractivity contribution in [2.24, 2.45) is 0 Å². The number of piperidine rings is 1. The molecule has 1 N–H and O–H groups in total. The summed E-state index contributed by atoms with van der Waals surface area (Å²) in [6, 6.07) is 10.4. The first-order valence-corrected chi connectivity index (χ1v) is 11.0. The molecule has 2 aliphatic heterocycles. The number of amides is 1. The fourth-order valence-corrected chi connectivity index (χ4v) is 4.45. The van der Waals surface area contributed by atoms with E-state index in [4.69, 9.17) is 4.74 Å². The Morgan fingerprint density at radius 2 is 1.84 bits per heavy atom. The van der Waals surface area contributed by atoms with Crippen LogP contribution in [0.25, 0.3) is 6.08 Å².